The lowest BCUT2D eigenvalue weighted by Gasteiger charge is -2.34. The van der Waals surface area contributed by atoms with Gasteiger partial charge in [-0.15, -0.1) is 0 Å². The van der Waals surface area contributed by atoms with Crippen molar-refractivity contribution in [1.82, 2.24) is 4.98 Å². The molecule has 1 aliphatic heterocycles. The van der Waals surface area contributed by atoms with Crippen LogP contribution in [0.3, 0.4) is 0 Å². The normalized spacial score (nSPS) is 32.3. The molecule has 0 saturated heterocycles. The third kappa shape index (κ3) is 1.90. The lowest BCUT2D eigenvalue weighted by molar-refractivity contribution is 0.259. The molecule has 3 atom stereocenters. The standard InChI is InChI=1S/C15H14F2N4OS/c16-6-14(9-3-8(18)1-2-10(9)17)11-4-15(11,23-13(19)21-14)12-5-20-7-22-12/h1-3,5,7,11H,4,6,18H2,(H2,19,21)/t11-,14+,15-/m0/s1. The molecule has 120 valence electrons. The van der Waals surface area contributed by atoms with Crippen LogP contribution in [0.2, 0.25) is 0 Å². The summed E-state index contributed by atoms with van der Waals surface area (Å²) in [6, 6.07) is 4.10. The largest absolute Gasteiger partial charge is 0.447 e. The number of benzene rings is 1. The number of thioether (sulfide) groups is 1. The van der Waals surface area contributed by atoms with Crippen molar-refractivity contribution in [3.8, 4) is 0 Å². The smallest absolute Gasteiger partial charge is 0.180 e. The average molecular weight is 336 g/mol. The second kappa shape index (κ2) is 4.70. The van der Waals surface area contributed by atoms with Gasteiger partial charge in [0, 0.05) is 17.2 Å². The number of nitrogens with zero attached hydrogens (tertiary/aromatic N) is 2. The number of nitrogens with two attached hydrogens (primary N) is 2. The number of hydrogen-bond acceptors (Lipinski definition) is 6. The van der Waals surface area contributed by atoms with Gasteiger partial charge in [0.2, 0.25) is 0 Å². The summed E-state index contributed by atoms with van der Waals surface area (Å²) in [6.07, 6.45) is 3.49. The van der Waals surface area contributed by atoms with Gasteiger partial charge >= 0.3 is 0 Å². The van der Waals surface area contributed by atoms with Gasteiger partial charge in [0.25, 0.3) is 0 Å². The van der Waals surface area contributed by atoms with E-state index in [0.717, 1.165) is 0 Å². The quantitative estimate of drug-likeness (QED) is 0.841. The Hall–Kier alpha value is -2.09. The number of amidine groups is 1. The van der Waals surface area contributed by atoms with Gasteiger partial charge in [-0.05, 0) is 24.6 Å². The van der Waals surface area contributed by atoms with E-state index in [2.05, 4.69) is 9.98 Å². The number of aromatic nitrogens is 1. The molecule has 8 heteroatoms. The first-order chi connectivity index (χ1) is 11.0. The van der Waals surface area contributed by atoms with E-state index in [4.69, 9.17) is 15.9 Å². The van der Waals surface area contributed by atoms with Gasteiger partial charge in [0.1, 0.15) is 23.8 Å². The summed E-state index contributed by atoms with van der Waals surface area (Å²) in [4.78, 5) is 8.23. The van der Waals surface area contributed by atoms with Crippen LogP contribution in [0.25, 0.3) is 0 Å². The average Bonchev–Trinajstić information content (AvgIpc) is 3.02. The third-order valence-corrected chi connectivity index (χ3v) is 5.91. The van der Waals surface area contributed by atoms with Crippen molar-refractivity contribution in [3.63, 3.8) is 0 Å². The molecular formula is C15H14F2N4OS. The monoisotopic (exact) mass is 336 g/mol. The van der Waals surface area contributed by atoms with Crippen molar-refractivity contribution >= 4 is 22.6 Å². The molecule has 5 nitrogen and oxygen atoms in total. The fourth-order valence-electron chi connectivity index (χ4n) is 3.46. The molecule has 2 aliphatic rings. The van der Waals surface area contributed by atoms with Crippen LogP contribution in [0, 0.1) is 11.7 Å². The lowest BCUT2D eigenvalue weighted by atomic mass is 9.84. The molecule has 0 unspecified atom stereocenters. The molecule has 23 heavy (non-hydrogen) atoms. The number of anilines is 1. The summed E-state index contributed by atoms with van der Waals surface area (Å²) >= 11 is 1.32. The molecule has 2 heterocycles. The third-order valence-electron chi connectivity index (χ3n) is 4.59. The molecule has 1 saturated carbocycles. The van der Waals surface area contributed by atoms with Crippen LogP contribution < -0.4 is 11.5 Å². The number of alkyl halides is 1. The fourth-order valence-corrected chi connectivity index (χ4v) is 4.83. The zero-order chi connectivity index (χ0) is 16.2. The topological polar surface area (TPSA) is 90.4 Å². The van der Waals surface area contributed by atoms with Crippen molar-refractivity contribution < 1.29 is 13.2 Å². The molecule has 4 rings (SSSR count). The molecule has 0 bridgehead atoms. The number of fused-ring (bicyclic) bond motifs is 1. The van der Waals surface area contributed by atoms with E-state index in [-0.39, 0.29) is 16.6 Å². The summed E-state index contributed by atoms with van der Waals surface area (Å²) in [6.45, 7) is -0.866. The van der Waals surface area contributed by atoms with Crippen molar-refractivity contribution in [3.05, 3.63) is 47.9 Å². The number of hydrogen-bond donors (Lipinski definition) is 2. The maximum atomic E-state index is 14.4. The van der Waals surface area contributed by atoms with Crippen molar-refractivity contribution in [2.45, 2.75) is 16.7 Å². The maximum Gasteiger partial charge on any atom is 0.180 e. The summed E-state index contributed by atoms with van der Waals surface area (Å²) in [5.41, 5.74) is 10.8. The molecule has 1 aromatic heterocycles. The first-order valence-corrected chi connectivity index (χ1v) is 7.88. The Morgan fingerprint density at radius 2 is 2.22 bits per heavy atom. The minimum absolute atomic E-state index is 0.134. The van der Waals surface area contributed by atoms with Crippen LogP contribution in [0.5, 0.6) is 0 Å². The number of oxazole rings is 1. The fraction of sp³-hybridized carbons (Fsp3) is 0.333. The van der Waals surface area contributed by atoms with Crippen molar-refractivity contribution in [2.75, 3.05) is 12.4 Å². The van der Waals surface area contributed by atoms with Crippen LogP contribution in [0.1, 0.15) is 17.7 Å². The van der Waals surface area contributed by atoms with E-state index in [9.17, 15) is 8.78 Å². The zero-order valence-electron chi connectivity index (χ0n) is 12.0. The Bertz CT molecular complexity index is 797. The van der Waals surface area contributed by atoms with Crippen LogP contribution in [0.4, 0.5) is 14.5 Å². The van der Waals surface area contributed by atoms with Crippen LogP contribution >= 0.6 is 11.8 Å². The SMILES string of the molecule is NC1=N[C@](CF)(c2cc(N)ccc2F)[C@@H]2C[C@]2(c2cnco2)S1. The minimum Gasteiger partial charge on any atom is -0.447 e. The number of aliphatic imine (C=N–C) groups is 1. The Morgan fingerprint density at radius 3 is 2.91 bits per heavy atom. The Morgan fingerprint density at radius 1 is 1.39 bits per heavy atom. The molecule has 0 radical (unpaired) electrons. The Balaban J connectivity index is 1.89. The van der Waals surface area contributed by atoms with E-state index >= 15 is 0 Å². The molecule has 0 spiro atoms. The lowest BCUT2D eigenvalue weighted by Crippen LogP contribution is -2.39. The zero-order valence-corrected chi connectivity index (χ0v) is 12.8. The van der Waals surface area contributed by atoms with Gasteiger partial charge in [-0.1, -0.05) is 11.8 Å². The predicted octanol–water partition coefficient (Wildman–Crippen LogP) is 2.54. The number of halogens is 2. The molecule has 1 aliphatic carbocycles. The van der Waals surface area contributed by atoms with E-state index in [1.54, 1.807) is 6.20 Å². The molecule has 1 aromatic carbocycles. The second-order valence-corrected chi connectivity index (χ2v) is 7.21. The highest BCUT2D eigenvalue weighted by atomic mass is 32.2. The highest BCUT2D eigenvalue weighted by Gasteiger charge is 2.70. The van der Waals surface area contributed by atoms with Gasteiger partial charge in [-0.3, -0.25) is 0 Å². The van der Waals surface area contributed by atoms with Gasteiger partial charge in [0.05, 0.1) is 10.9 Å². The predicted molar refractivity (Wildman–Crippen MR) is 84.0 cm³/mol. The first kappa shape index (κ1) is 14.5. The number of nitrogen functional groups attached to an aromatic ring is 1. The van der Waals surface area contributed by atoms with Crippen LogP contribution in [-0.4, -0.2) is 16.8 Å². The maximum absolute atomic E-state index is 14.4. The second-order valence-electron chi connectivity index (χ2n) is 5.86. The highest BCUT2D eigenvalue weighted by Crippen LogP contribution is 2.71. The summed E-state index contributed by atoms with van der Waals surface area (Å²) in [5, 5.41) is 0.203. The van der Waals surface area contributed by atoms with Gasteiger partial charge in [0.15, 0.2) is 11.6 Å². The first-order valence-electron chi connectivity index (χ1n) is 7.06. The Kier molecular flexibility index (Phi) is 2.96. The number of rotatable bonds is 3. The van der Waals surface area contributed by atoms with E-state index in [1.165, 1.54) is 36.4 Å². The van der Waals surface area contributed by atoms with E-state index in [0.29, 0.717) is 17.9 Å². The van der Waals surface area contributed by atoms with Gasteiger partial charge < -0.3 is 15.9 Å². The van der Waals surface area contributed by atoms with Crippen molar-refractivity contribution in [1.29, 1.82) is 0 Å². The van der Waals surface area contributed by atoms with Crippen LogP contribution in [0.15, 0.2) is 40.2 Å². The van der Waals surface area contributed by atoms with Gasteiger partial charge in [-0.2, -0.15) is 0 Å². The molecule has 0 amide bonds. The van der Waals surface area contributed by atoms with Gasteiger partial charge in [-0.25, -0.2) is 18.8 Å². The highest BCUT2D eigenvalue weighted by molar-refractivity contribution is 8.14. The van der Waals surface area contributed by atoms with Crippen molar-refractivity contribution in [2.24, 2.45) is 16.6 Å². The van der Waals surface area contributed by atoms with E-state index < -0.39 is 22.8 Å². The summed E-state index contributed by atoms with van der Waals surface area (Å²) in [7, 11) is 0. The minimum atomic E-state index is -1.39. The molecule has 4 N–H and O–H groups in total. The molecule has 2 aromatic rings. The molecular weight excluding hydrogens is 322 g/mol. The molecule has 1 fully saturated rings. The van der Waals surface area contributed by atoms with E-state index in [1.807, 2.05) is 0 Å². The Labute approximate surface area is 135 Å². The summed E-state index contributed by atoms with van der Waals surface area (Å²) in [5.74, 6) is -0.215. The van der Waals surface area contributed by atoms with Crippen LogP contribution in [-0.2, 0) is 10.3 Å². The summed E-state index contributed by atoms with van der Waals surface area (Å²) < 4.78 is 33.4.